The molecule has 0 saturated heterocycles. The largest absolute Gasteiger partial charge is 0.477 e. The zero-order valence-corrected chi connectivity index (χ0v) is 12.7. The van der Waals surface area contributed by atoms with Crippen molar-refractivity contribution in [2.45, 2.75) is 33.6 Å². The van der Waals surface area contributed by atoms with E-state index >= 15 is 0 Å². The van der Waals surface area contributed by atoms with Crippen LogP contribution >= 0.6 is 0 Å². The molecule has 0 bridgehead atoms. The number of aromatic nitrogens is 3. The molecule has 0 aliphatic carbocycles. The second-order valence-corrected chi connectivity index (χ2v) is 4.89. The molecule has 3 N–H and O–H groups in total. The Hall–Kier alpha value is -2.64. The van der Waals surface area contributed by atoms with E-state index in [-0.39, 0.29) is 11.6 Å². The van der Waals surface area contributed by atoms with Crippen molar-refractivity contribution in [1.82, 2.24) is 20.4 Å². The van der Waals surface area contributed by atoms with E-state index in [9.17, 15) is 9.59 Å². The van der Waals surface area contributed by atoms with Gasteiger partial charge in [0.2, 0.25) is 5.89 Å². The fourth-order valence-electron chi connectivity index (χ4n) is 2.21. The van der Waals surface area contributed by atoms with Gasteiger partial charge in [-0.3, -0.25) is 4.79 Å². The number of carboxylic acid groups (broad SMARTS) is 1. The molecule has 2 aromatic rings. The first-order valence-electron chi connectivity index (χ1n) is 6.96. The molecule has 0 fully saturated rings. The Morgan fingerprint density at radius 1 is 1.36 bits per heavy atom. The van der Waals surface area contributed by atoms with Gasteiger partial charge in [0.15, 0.2) is 5.82 Å². The average molecular weight is 306 g/mol. The third-order valence-electron chi connectivity index (χ3n) is 3.33. The van der Waals surface area contributed by atoms with E-state index in [0.29, 0.717) is 47.9 Å². The number of rotatable bonds is 6. The van der Waals surface area contributed by atoms with Crippen LogP contribution < -0.4 is 5.32 Å². The van der Waals surface area contributed by atoms with Gasteiger partial charge in [0.05, 0.1) is 5.56 Å². The standard InChI is InChI=1S/C14H18N4O4/c1-4-9-17-10(22-18-9)5-6-15-13(19)11-7(2)12(14(20)21)16-8(11)3/h16H,4-6H2,1-3H3,(H,15,19)(H,20,21). The second kappa shape index (κ2) is 6.42. The first-order valence-corrected chi connectivity index (χ1v) is 6.96. The number of carbonyl (C=O) groups is 2. The molecule has 0 saturated carbocycles. The molecular weight excluding hydrogens is 288 g/mol. The molecule has 0 spiro atoms. The van der Waals surface area contributed by atoms with Crippen LogP contribution in [0.2, 0.25) is 0 Å². The molecule has 2 aromatic heterocycles. The fourth-order valence-corrected chi connectivity index (χ4v) is 2.21. The predicted molar refractivity (Wildman–Crippen MR) is 76.9 cm³/mol. The highest BCUT2D eigenvalue weighted by atomic mass is 16.5. The summed E-state index contributed by atoms with van der Waals surface area (Å²) >= 11 is 0. The fraction of sp³-hybridized carbons (Fsp3) is 0.429. The van der Waals surface area contributed by atoms with Gasteiger partial charge in [-0.05, 0) is 19.4 Å². The van der Waals surface area contributed by atoms with Gasteiger partial charge in [0.25, 0.3) is 5.91 Å². The lowest BCUT2D eigenvalue weighted by Gasteiger charge is -2.04. The van der Waals surface area contributed by atoms with Crippen molar-refractivity contribution in [2.75, 3.05) is 6.54 Å². The number of aryl methyl sites for hydroxylation is 2. The number of amides is 1. The number of nitrogens with zero attached hydrogens (tertiary/aromatic N) is 2. The van der Waals surface area contributed by atoms with Crippen LogP contribution in [0.15, 0.2) is 4.52 Å². The van der Waals surface area contributed by atoms with Gasteiger partial charge in [0.1, 0.15) is 5.69 Å². The average Bonchev–Trinajstić information content (AvgIpc) is 3.03. The zero-order chi connectivity index (χ0) is 16.3. The molecule has 8 nitrogen and oxygen atoms in total. The molecule has 0 radical (unpaired) electrons. The summed E-state index contributed by atoms with van der Waals surface area (Å²) in [7, 11) is 0. The van der Waals surface area contributed by atoms with E-state index in [4.69, 9.17) is 9.63 Å². The molecule has 1 amide bonds. The van der Waals surface area contributed by atoms with Crippen molar-refractivity contribution in [2.24, 2.45) is 0 Å². The molecule has 0 aromatic carbocycles. The van der Waals surface area contributed by atoms with Gasteiger partial charge in [-0.25, -0.2) is 4.79 Å². The highest BCUT2D eigenvalue weighted by molar-refractivity contribution is 6.00. The number of aromatic carboxylic acids is 1. The number of H-pyrrole nitrogens is 1. The molecule has 8 heteroatoms. The normalized spacial score (nSPS) is 10.7. The van der Waals surface area contributed by atoms with E-state index in [2.05, 4.69) is 20.4 Å². The number of carboxylic acids is 1. The molecule has 0 aliphatic heterocycles. The smallest absolute Gasteiger partial charge is 0.352 e. The minimum absolute atomic E-state index is 0.0344. The summed E-state index contributed by atoms with van der Waals surface area (Å²) in [5.74, 6) is -0.317. The number of aromatic amines is 1. The Bertz CT molecular complexity index is 702. The minimum atomic E-state index is -1.09. The highest BCUT2D eigenvalue weighted by Crippen LogP contribution is 2.17. The molecule has 0 unspecified atom stereocenters. The van der Waals surface area contributed by atoms with Crippen molar-refractivity contribution in [3.05, 3.63) is 34.2 Å². The summed E-state index contributed by atoms with van der Waals surface area (Å²) in [6, 6.07) is 0. The van der Waals surface area contributed by atoms with Crippen LogP contribution in [0.25, 0.3) is 0 Å². The maximum absolute atomic E-state index is 12.2. The lowest BCUT2D eigenvalue weighted by atomic mass is 10.1. The van der Waals surface area contributed by atoms with E-state index in [1.54, 1.807) is 13.8 Å². The van der Waals surface area contributed by atoms with Crippen molar-refractivity contribution in [1.29, 1.82) is 0 Å². The topological polar surface area (TPSA) is 121 Å². The summed E-state index contributed by atoms with van der Waals surface area (Å²) < 4.78 is 5.03. The molecule has 22 heavy (non-hydrogen) atoms. The minimum Gasteiger partial charge on any atom is -0.477 e. The quantitative estimate of drug-likeness (QED) is 0.738. The van der Waals surface area contributed by atoms with Gasteiger partial charge >= 0.3 is 5.97 Å². The molecule has 0 aliphatic rings. The van der Waals surface area contributed by atoms with Crippen molar-refractivity contribution >= 4 is 11.9 Å². The summed E-state index contributed by atoms with van der Waals surface area (Å²) in [5.41, 5.74) is 1.34. The van der Waals surface area contributed by atoms with E-state index in [1.165, 1.54) is 0 Å². The first-order chi connectivity index (χ1) is 10.4. The maximum atomic E-state index is 12.2. The third-order valence-corrected chi connectivity index (χ3v) is 3.33. The Morgan fingerprint density at radius 3 is 2.64 bits per heavy atom. The van der Waals surface area contributed by atoms with E-state index < -0.39 is 5.97 Å². The number of hydrogen-bond donors (Lipinski definition) is 3. The van der Waals surface area contributed by atoms with Gasteiger partial charge in [-0.15, -0.1) is 0 Å². The molecule has 0 atom stereocenters. The number of hydrogen-bond acceptors (Lipinski definition) is 5. The van der Waals surface area contributed by atoms with Crippen LogP contribution in [0.4, 0.5) is 0 Å². The lowest BCUT2D eigenvalue weighted by molar-refractivity contribution is 0.0690. The first kappa shape index (κ1) is 15.7. The monoisotopic (exact) mass is 306 g/mol. The van der Waals surface area contributed by atoms with Gasteiger partial charge in [-0.1, -0.05) is 12.1 Å². The van der Waals surface area contributed by atoms with Crippen LogP contribution in [-0.2, 0) is 12.8 Å². The van der Waals surface area contributed by atoms with Crippen LogP contribution in [-0.4, -0.2) is 38.7 Å². The van der Waals surface area contributed by atoms with Crippen molar-refractivity contribution < 1.29 is 19.2 Å². The number of nitrogens with one attached hydrogen (secondary N) is 2. The van der Waals surface area contributed by atoms with E-state index in [0.717, 1.165) is 0 Å². The molecule has 118 valence electrons. The SMILES string of the molecule is CCc1noc(CCNC(=O)c2c(C)[nH]c(C(=O)O)c2C)n1. The van der Waals surface area contributed by atoms with Crippen molar-refractivity contribution in [3.8, 4) is 0 Å². The summed E-state index contributed by atoms with van der Waals surface area (Å²) in [5, 5.41) is 15.5. The Labute approximate surface area is 126 Å². The van der Waals surface area contributed by atoms with Gasteiger partial charge < -0.3 is 19.9 Å². The molecular formula is C14H18N4O4. The van der Waals surface area contributed by atoms with Gasteiger partial charge in [0, 0.05) is 25.1 Å². The van der Waals surface area contributed by atoms with Crippen LogP contribution in [0.5, 0.6) is 0 Å². The second-order valence-electron chi connectivity index (χ2n) is 4.89. The van der Waals surface area contributed by atoms with Crippen LogP contribution in [0.1, 0.15) is 50.7 Å². The Balaban J connectivity index is 1.99. The summed E-state index contributed by atoms with van der Waals surface area (Å²) in [6.45, 7) is 5.53. The van der Waals surface area contributed by atoms with Crippen LogP contribution in [0, 0.1) is 13.8 Å². The third kappa shape index (κ3) is 3.16. The van der Waals surface area contributed by atoms with Gasteiger partial charge in [-0.2, -0.15) is 4.98 Å². The zero-order valence-electron chi connectivity index (χ0n) is 12.7. The molecule has 2 rings (SSSR count). The maximum Gasteiger partial charge on any atom is 0.352 e. The summed E-state index contributed by atoms with van der Waals surface area (Å²) in [4.78, 5) is 30.1. The molecule has 2 heterocycles. The Kier molecular flexibility index (Phi) is 4.59. The van der Waals surface area contributed by atoms with Crippen LogP contribution in [0.3, 0.4) is 0 Å². The van der Waals surface area contributed by atoms with E-state index in [1.807, 2.05) is 6.92 Å². The highest BCUT2D eigenvalue weighted by Gasteiger charge is 2.21. The summed E-state index contributed by atoms with van der Waals surface area (Å²) in [6.07, 6.45) is 1.11. The Morgan fingerprint density at radius 2 is 2.09 bits per heavy atom. The lowest BCUT2D eigenvalue weighted by Crippen LogP contribution is -2.26. The number of carbonyl (C=O) groups excluding carboxylic acids is 1. The predicted octanol–water partition coefficient (Wildman–Crippen LogP) is 1.25. The van der Waals surface area contributed by atoms with Crippen molar-refractivity contribution in [3.63, 3.8) is 0 Å².